The molecule has 0 bridgehead atoms. The molecule has 2 heterocycles. The van der Waals surface area contributed by atoms with Gasteiger partial charge >= 0.3 is 11.8 Å². The standard InChI is InChI=1S/C12H12BrN3O3/c1-2-19-12(18)16-10-9(5-7(13)6-14-10)15(11(16)17)8-3-4-8/h5-6,8H,2-4H2,1H3. The van der Waals surface area contributed by atoms with Crippen LogP contribution in [0, 0.1) is 0 Å². The first kappa shape index (κ1) is 12.4. The third-order valence-electron chi connectivity index (χ3n) is 3.04. The Bertz CT molecular complexity index is 715. The molecule has 1 aliphatic rings. The molecule has 0 unspecified atom stereocenters. The number of carbonyl (C=O) groups excluding carboxylic acids is 1. The third-order valence-corrected chi connectivity index (χ3v) is 3.48. The molecule has 0 amide bonds. The molecule has 0 saturated heterocycles. The number of rotatable bonds is 2. The predicted molar refractivity (Wildman–Crippen MR) is 72.4 cm³/mol. The van der Waals surface area contributed by atoms with Gasteiger partial charge in [0.25, 0.3) is 0 Å². The average molecular weight is 326 g/mol. The van der Waals surface area contributed by atoms with Crippen LogP contribution in [0.25, 0.3) is 11.2 Å². The summed E-state index contributed by atoms with van der Waals surface area (Å²) in [5.41, 5.74) is 0.634. The molecular formula is C12H12BrN3O3. The Morgan fingerprint density at radius 3 is 2.95 bits per heavy atom. The van der Waals surface area contributed by atoms with Gasteiger partial charge in [-0.15, -0.1) is 0 Å². The first-order valence-corrected chi connectivity index (χ1v) is 6.88. The molecule has 0 aliphatic heterocycles. The smallest absolute Gasteiger partial charge is 0.424 e. The molecule has 0 spiro atoms. The normalized spacial score (nSPS) is 14.8. The Kier molecular flexibility index (Phi) is 2.93. The number of imidazole rings is 1. The number of fused-ring (bicyclic) bond motifs is 1. The molecule has 0 N–H and O–H groups in total. The lowest BCUT2D eigenvalue weighted by atomic mass is 10.4. The fourth-order valence-electron chi connectivity index (χ4n) is 2.11. The van der Waals surface area contributed by atoms with E-state index in [1.807, 2.05) is 0 Å². The van der Waals surface area contributed by atoms with Crippen molar-refractivity contribution in [2.45, 2.75) is 25.8 Å². The zero-order valence-electron chi connectivity index (χ0n) is 10.3. The number of carbonyl (C=O) groups is 1. The predicted octanol–water partition coefficient (Wildman–Crippen LogP) is 2.30. The van der Waals surface area contributed by atoms with Gasteiger partial charge in [0.1, 0.15) is 0 Å². The van der Waals surface area contributed by atoms with Crippen molar-refractivity contribution in [3.05, 3.63) is 27.2 Å². The molecule has 2 aromatic heterocycles. The molecule has 0 radical (unpaired) electrons. The van der Waals surface area contributed by atoms with Gasteiger partial charge in [-0.3, -0.25) is 4.57 Å². The second kappa shape index (κ2) is 4.48. The van der Waals surface area contributed by atoms with Crippen molar-refractivity contribution in [3.8, 4) is 0 Å². The van der Waals surface area contributed by atoms with Crippen LogP contribution < -0.4 is 5.69 Å². The van der Waals surface area contributed by atoms with Gasteiger partial charge in [-0.05, 0) is 41.8 Å². The van der Waals surface area contributed by atoms with E-state index in [4.69, 9.17) is 4.74 Å². The van der Waals surface area contributed by atoms with Crippen molar-refractivity contribution >= 4 is 33.2 Å². The fourth-order valence-corrected chi connectivity index (χ4v) is 2.43. The maximum absolute atomic E-state index is 12.4. The van der Waals surface area contributed by atoms with E-state index >= 15 is 0 Å². The summed E-state index contributed by atoms with van der Waals surface area (Å²) < 4.78 is 8.33. The quantitative estimate of drug-likeness (QED) is 0.849. The van der Waals surface area contributed by atoms with E-state index in [0.717, 1.165) is 21.9 Å². The molecule has 1 fully saturated rings. The molecule has 0 aromatic carbocycles. The van der Waals surface area contributed by atoms with Gasteiger partial charge in [-0.25, -0.2) is 14.6 Å². The molecule has 7 heteroatoms. The van der Waals surface area contributed by atoms with Crippen molar-refractivity contribution in [2.24, 2.45) is 0 Å². The number of hydrogen-bond acceptors (Lipinski definition) is 4. The van der Waals surface area contributed by atoms with E-state index in [0.29, 0.717) is 11.2 Å². The van der Waals surface area contributed by atoms with Gasteiger partial charge < -0.3 is 4.74 Å². The summed E-state index contributed by atoms with van der Waals surface area (Å²) in [6.45, 7) is 1.92. The van der Waals surface area contributed by atoms with Crippen LogP contribution in [0.5, 0.6) is 0 Å². The lowest BCUT2D eigenvalue weighted by molar-refractivity contribution is 0.153. The van der Waals surface area contributed by atoms with Crippen LogP contribution in [-0.2, 0) is 4.74 Å². The Balaban J connectivity index is 2.29. The minimum Gasteiger partial charge on any atom is -0.449 e. The SMILES string of the molecule is CCOC(=O)n1c(=O)n(C2CC2)c2cc(Br)cnc21. The molecule has 2 aromatic rings. The largest absolute Gasteiger partial charge is 0.449 e. The highest BCUT2D eigenvalue weighted by Gasteiger charge is 2.31. The molecule has 1 aliphatic carbocycles. The highest BCUT2D eigenvalue weighted by Crippen LogP contribution is 2.36. The van der Waals surface area contributed by atoms with Gasteiger partial charge in [0.2, 0.25) is 0 Å². The molecular weight excluding hydrogens is 314 g/mol. The number of pyridine rings is 1. The van der Waals surface area contributed by atoms with Crippen LogP contribution >= 0.6 is 15.9 Å². The van der Waals surface area contributed by atoms with E-state index in [1.54, 1.807) is 23.8 Å². The Morgan fingerprint density at radius 2 is 2.32 bits per heavy atom. The lowest BCUT2D eigenvalue weighted by Crippen LogP contribution is -2.29. The topological polar surface area (TPSA) is 66.1 Å². The van der Waals surface area contributed by atoms with E-state index in [9.17, 15) is 9.59 Å². The van der Waals surface area contributed by atoms with Crippen molar-refractivity contribution in [3.63, 3.8) is 0 Å². The third kappa shape index (κ3) is 1.98. The summed E-state index contributed by atoms with van der Waals surface area (Å²) in [4.78, 5) is 28.4. The van der Waals surface area contributed by atoms with E-state index < -0.39 is 6.09 Å². The van der Waals surface area contributed by atoms with Crippen LogP contribution in [0.15, 0.2) is 21.5 Å². The number of nitrogens with zero attached hydrogens (tertiary/aromatic N) is 3. The maximum atomic E-state index is 12.4. The molecule has 100 valence electrons. The zero-order valence-corrected chi connectivity index (χ0v) is 11.9. The van der Waals surface area contributed by atoms with Gasteiger partial charge in [-0.1, -0.05) is 0 Å². The summed E-state index contributed by atoms with van der Waals surface area (Å²) >= 11 is 3.33. The van der Waals surface area contributed by atoms with Gasteiger partial charge in [0.05, 0.1) is 12.1 Å². The highest BCUT2D eigenvalue weighted by molar-refractivity contribution is 9.10. The van der Waals surface area contributed by atoms with Crippen molar-refractivity contribution in [1.29, 1.82) is 0 Å². The van der Waals surface area contributed by atoms with E-state index in [2.05, 4.69) is 20.9 Å². The molecule has 3 rings (SSSR count). The Hall–Kier alpha value is -1.63. The van der Waals surface area contributed by atoms with Crippen LogP contribution in [-0.4, -0.2) is 26.8 Å². The second-order valence-corrected chi connectivity index (χ2v) is 5.33. The van der Waals surface area contributed by atoms with Gasteiger partial charge in [-0.2, -0.15) is 4.57 Å². The summed E-state index contributed by atoms with van der Waals surface area (Å²) in [5.74, 6) is 0. The number of ether oxygens (including phenoxy) is 1. The second-order valence-electron chi connectivity index (χ2n) is 4.41. The first-order valence-electron chi connectivity index (χ1n) is 6.09. The average Bonchev–Trinajstić information content (AvgIpc) is 3.13. The minimum absolute atomic E-state index is 0.168. The summed E-state index contributed by atoms with van der Waals surface area (Å²) in [6, 6.07) is 1.97. The van der Waals surface area contributed by atoms with Gasteiger partial charge in [0.15, 0.2) is 5.65 Å². The van der Waals surface area contributed by atoms with Crippen molar-refractivity contribution in [1.82, 2.24) is 14.1 Å². The Morgan fingerprint density at radius 1 is 1.58 bits per heavy atom. The van der Waals surface area contributed by atoms with E-state index in [-0.39, 0.29) is 18.3 Å². The highest BCUT2D eigenvalue weighted by atomic mass is 79.9. The molecule has 19 heavy (non-hydrogen) atoms. The van der Waals surface area contributed by atoms with E-state index in [1.165, 1.54) is 0 Å². The Labute approximate surface area is 117 Å². The van der Waals surface area contributed by atoms with Crippen LogP contribution in [0.4, 0.5) is 4.79 Å². The van der Waals surface area contributed by atoms with Crippen LogP contribution in [0.2, 0.25) is 0 Å². The monoisotopic (exact) mass is 325 g/mol. The maximum Gasteiger partial charge on any atom is 0.424 e. The first-order chi connectivity index (χ1) is 9.13. The van der Waals surface area contributed by atoms with Gasteiger partial charge in [0, 0.05) is 16.7 Å². The number of hydrogen-bond donors (Lipinski definition) is 0. The summed E-state index contributed by atoms with van der Waals surface area (Å²) in [7, 11) is 0. The summed E-state index contributed by atoms with van der Waals surface area (Å²) in [5, 5.41) is 0. The molecule has 1 saturated carbocycles. The summed E-state index contributed by atoms with van der Waals surface area (Å²) in [6.07, 6.45) is 2.80. The number of halogens is 1. The van der Waals surface area contributed by atoms with Crippen LogP contribution in [0.3, 0.4) is 0 Å². The number of aromatic nitrogens is 3. The lowest BCUT2D eigenvalue weighted by Gasteiger charge is -2.00. The van der Waals surface area contributed by atoms with Crippen molar-refractivity contribution < 1.29 is 9.53 Å². The fraction of sp³-hybridized carbons (Fsp3) is 0.417. The molecule has 0 atom stereocenters. The van der Waals surface area contributed by atoms with Crippen molar-refractivity contribution in [2.75, 3.05) is 6.61 Å². The zero-order chi connectivity index (χ0) is 13.6. The molecule has 6 nitrogen and oxygen atoms in total. The van der Waals surface area contributed by atoms with Crippen LogP contribution in [0.1, 0.15) is 25.8 Å². The minimum atomic E-state index is -0.674.